The molecule has 2 saturated heterocycles. The van der Waals surface area contributed by atoms with Crippen molar-refractivity contribution < 1.29 is 17.9 Å². The number of carbonyl (C=O) groups is 1. The lowest BCUT2D eigenvalue weighted by atomic mass is 9.88. The van der Waals surface area contributed by atoms with Crippen molar-refractivity contribution in [1.82, 2.24) is 19.5 Å². The Hall–Kier alpha value is -2.76. The van der Waals surface area contributed by atoms with Crippen molar-refractivity contribution >= 4 is 26.8 Å². The number of hydrogen-bond donors (Lipinski definition) is 3. The van der Waals surface area contributed by atoms with E-state index in [1.54, 1.807) is 4.31 Å². The van der Waals surface area contributed by atoms with E-state index in [4.69, 9.17) is 10.5 Å². The third-order valence-corrected chi connectivity index (χ3v) is 9.78. The molecule has 3 heterocycles. The fourth-order valence-corrected chi connectivity index (χ4v) is 7.18. The summed E-state index contributed by atoms with van der Waals surface area (Å²) < 4.78 is 33.0. The topological polar surface area (TPSA) is 121 Å². The van der Waals surface area contributed by atoms with Gasteiger partial charge in [-0.2, -0.15) is 0 Å². The Balaban J connectivity index is 1.22. The average molecular weight is 554 g/mol. The lowest BCUT2D eigenvalue weighted by molar-refractivity contribution is -0.117. The minimum absolute atomic E-state index is 0.116. The van der Waals surface area contributed by atoms with Crippen LogP contribution in [-0.4, -0.2) is 93.3 Å². The largest absolute Gasteiger partial charge is 0.379 e. The number of sulfonamides is 1. The summed E-state index contributed by atoms with van der Waals surface area (Å²) >= 11 is 0. The molecule has 0 radical (unpaired) electrons. The van der Waals surface area contributed by atoms with Crippen LogP contribution in [0.4, 0.5) is 0 Å². The van der Waals surface area contributed by atoms with Crippen molar-refractivity contribution in [1.29, 1.82) is 0 Å². The van der Waals surface area contributed by atoms with E-state index in [2.05, 4.69) is 33.4 Å². The van der Waals surface area contributed by atoms with Crippen LogP contribution in [0.15, 0.2) is 48.7 Å². The smallest absolute Gasteiger partial charge is 0.221 e. The first-order chi connectivity index (χ1) is 18.9. The summed E-state index contributed by atoms with van der Waals surface area (Å²) in [6.07, 6.45) is 3.71. The second-order valence-electron chi connectivity index (χ2n) is 10.5. The zero-order valence-corrected chi connectivity index (χ0v) is 23.2. The van der Waals surface area contributed by atoms with Gasteiger partial charge in [-0.05, 0) is 53.1 Å². The average Bonchev–Trinajstić information content (AvgIpc) is 3.38. The fraction of sp³-hybridized carbons (Fsp3) is 0.483. The summed E-state index contributed by atoms with van der Waals surface area (Å²) in [5.41, 5.74) is 10.7. The molecule has 2 aliphatic heterocycles. The van der Waals surface area contributed by atoms with Crippen molar-refractivity contribution in [3.05, 3.63) is 59.8 Å². The number of H-pyrrole nitrogens is 1. The molecular weight excluding hydrogens is 514 g/mol. The lowest BCUT2D eigenvalue weighted by Gasteiger charge is -2.31. The molecule has 0 aliphatic carbocycles. The summed E-state index contributed by atoms with van der Waals surface area (Å²) in [5.74, 6) is -0.0128. The van der Waals surface area contributed by atoms with E-state index in [0.717, 1.165) is 79.8 Å². The number of aromatic nitrogens is 1. The molecule has 4 N–H and O–H groups in total. The van der Waals surface area contributed by atoms with Crippen LogP contribution < -0.4 is 11.1 Å². The van der Waals surface area contributed by atoms with Gasteiger partial charge in [0.25, 0.3) is 0 Å². The molecule has 3 aromatic rings. The summed E-state index contributed by atoms with van der Waals surface area (Å²) in [4.78, 5) is 17.5. The second kappa shape index (κ2) is 12.6. The Morgan fingerprint density at radius 1 is 1.03 bits per heavy atom. The molecular formula is C29H39N5O4S. The maximum atomic E-state index is 13.0. The zero-order valence-electron chi connectivity index (χ0n) is 22.4. The number of morpholine rings is 1. The van der Waals surface area contributed by atoms with Gasteiger partial charge in [0.15, 0.2) is 0 Å². The number of nitrogens with zero attached hydrogens (tertiary/aromatic N) is 2. The standard InChI is InChI=1S/C29H39N5O4S/c30-28(35)20-25-18-24(22-4-2-1-3-5-22)19-26-27(21-32-29(25)26)23-6-10-34(11-7-23)39(36,37)17-9-31-8-12-33-13-15-38-16-14-33/h1-5,18-19,21,23,31-32H,6-17,20H2,(H2,30,35). The molecule has 10 heteroatoms. The molecule has 9 nitrogen and oxygen atoms in total. The van der Waals surface area contributed by atoms with Gasteiger partial charge in [0, 0.05) is 62.9 Å². The van der Waals surface area contributed by atoms with Crippen LogP contribution in [0.25, 0.3) is 22.0 Å². The molecule has 2 aromatic carbocycles. The summed E-state index contributed by atoms with van der Waals surface area (Å²) in [6.45, 7) is 6.58. The molecule has 2 aliphatic rings. The van der Waals surface area contributed by atoms with E-state index >= 15 is 0 Å². The van der Waals surface area contributed by atoms with Gasteiger partial charge in [0.2, 0.25) is 15.9 Å². The predicted molar refractivity (Wildman–Crippen MR) is 154 cm³/mol. The number of piperidine rings is 1. The molecule has 5 rings (SSSR count). The van der Waals surface area contributed by atoms with E-state index in [1.807, 2.05) is 30.5 Å². The summed E-state index contributed by atoms with van der Waals surface area (Å²) in [6, 6.07) is 14.3. The van der Waals surface area contributed by atoms with Gasteiger partial charge in [-0.25, -0.2) is 12.7 Å². The van der Waals surface area contributed by atoms with Crippen LogP contribution >= 0.6 is 0 Å². The van der Waals surface area contributed by atoms with Crippen LogP contribution in [0, 0.1) is 0 Å². The number of nitrogens with two attached hydrogens (primary N) is 1. The second-order valence-corrected chi connectivity index (χ2v) is 12.6. The van der Waals surface area contributed by atoms with Gasteiger partial charge in [-0.3, -0.25) is 9.69 Å². The number of hydrogen-bond acceptors (Lipinski definition) is 6. The number of nitrogens with one attached hydrogen (secondary N) is 2. The number of benzene rings is 2. The van der Waals surface area contributed by atoms with Gasteiger partial charge in [-0.15, -0.1) is 0 Å². The Bertz CT molecular complexity index is 1360. The summed E-state index contributed by atoms with van der Waals surface area (Å²) in [5, 5.41) is 4.37. The van der Waals surface area contributed by atoms with Crippen molar-refractivity contribution in [2.45, 2.75) is 25.2 Å². The molecule has 0 bridgehead atoms. The first-order valence-electron chi connectivity index (χ1n) is 13.9. The van der Waals surface area contributed by atoms with Crippen molar-refractivity contribution in [2.75, 3.05) is 64.8 Å². The monoisotopic (exact) mass is 553 g/mol. The quantitative estimate of drug-likeness (QED) is 0.314. The van der Waals surface area contributed by atoms with Gasteiger partial charge in [0.05, 0.1) is 25.4 Å². The highest BCUT2D eigenvalue weighted by molar-refractivity contribution is 7.89. The molecule has 0 atom stereocenters. The first kappa shape index (κ1) is 27.8. The van der Waals surface area contributed by atoms with Crippen LogP contribution in [0.1, 0.15) is 29.9 Å². The van der Waals surface area contributed by atoms with Gasteiger partial charge in [-0.1, -0.05) is 30.3 Å². The van der Waals surface area contributed by atoms with Crippen LogP contribution in [-0.2, 0) is 26.0 Å². The van der Waals surface area contributed by atoms with Crippen molar-refractivity contribution in [3.8, 4) is 11.1 Å². The van der Waals surface area contributed by atoms with E-state index in [1.165, 1.54) is 5.56 Å². The van der Waals surface area contributed by atoms with E-state index in [-0.39, 0.29) is 24.0 Å². The number of aromatic amines is 1. The molecule has 1 amide bonds. The molecule has 0 unspecified atom stereocenters. The maximum Gasteiger partial charge on any atom is 0.221 e. The molecule has 1 aromatic heterocycles. The maximum absolute atomic E-state index is 13.0. The van der Waals surface area contributed by atoms with E-state index in [9.17, 15) is 13.2 Å². The summed E-state index contributed by atoms with van der Waals surface area (Å²) in [7, 11) is -3.31. The number of primary amides is 1. The van der Waals surface area contributed by atoms with Gasteiger partial charge < -0.3 is 20.8 Å². The van der Waals surface area contributed by atoms with Crippen molar-refractivity contribution in [2.24, 2.45) is 5.73 Å². The molecule has 39 heavy (non-hydrogen) atoms. The Morgan fingerprint density at radius 3 is 2.49 bits per heavy atom. The molecule has 0 spiro atoms. The fourth-order valence-electron chi connectivity index (χ4n) is 5.75. The normalized spacial score (nSPS) is 18.1. The zero-order chi connectivity index (χ0) is 27.2. The number of rotatable bonds is 11. The number of carbonyl (C=O) groups excluding carboxylic acids is 1. The third kappa shape index (κ3) is 6.88. The number of fused-ring (bicyclic) bond motifs is 1. The highest BCUT2D eigenvalue weighted by Gasteiger charge is 2.30. The molecule has 210 valence electrons. The molecule has 2 fully saturated rings. The Kier molecular flexibility index (Phi) is 8.99. The van der Waals surface area contributed by atoms with E-state index in [0.29, 0.717) is 19.6 Å². The highest BCUT2D eigenvalue weighted by Crippen LogP contribution is 2.37. The minimum Gasteiger partial charge on any atom is -0.379 e. The predicted octanol–water partition coefficient (Wildman–Crippen LogP) is 2.29. The van der Waals surface area contributed by atoms with Gasteiger partial charge >= 0.3 is 0 Å². The first-order valence-corrected chi connectivity index (χ1v) is 15.5. The van der Waals surface area contributed by atoms with Crippen LogP contribution in [0.3, 0.4) is 0 Å². The van der Waals surface area contributed by atoms with Gasteiger partial charge in [0.1, 0.15) is 0 Å². The Morgan fingerprint density at radius 2 is 1.77 bits per heavy atom. The third-order valence-electron chi connectivity index (χ3n) is 7.91. The Labute approximate surface area is 230 Å². The van der Waals surface area contributed by atoms with Crippen LogP contribution in [0.2, 0.25) is 0 Å². The SMILES string of the molecule is NC(=O)Cc1cc(-c2ccccc2)cc2c(C3CCN(S(=O)(=O)CCNCCN4CCOCC4)CC3)c[nH]c12. The van der Waals surface area contributed by atoms with Crippen LogP contribution in [0.5, 0.6) is 0 Å². The number of amides is 1. The van der Waals surface area contributed by atoms with E-state index < -0.39 is 10.0 Å². The highest BCUT2D eigenvalue weighted by atomic mass is 32.2. The lowest BCUT2D eigenvalue weighted by Crippen LogP contribution is -2.43. The molecule has 0 saturated carbocycles. The van der Waals surface area contributed by atoms with Crippen molar-refractivity contribution in [3.63, 3.8) is 0 Å². The minimum atomic E-state index is -3.31. The number of ether oxygens (including phenoxy) is 1.